The molecule has 0 N–H and O–H groups in total. The smallest absolute Gasteiger partial charge is 0.159 e. The molecular formula is C16H24O2. The number of hydrogen-bond donors (Lipinski definition) is 0. The quantitative estimate of drug-likeness (QED) is 0.746. The predicted octanol–water partition coefficient (Wildman–Crippen LogP) is 4.22. The van der Waals surface area contributed by atoms with Gasteiger partial charge in [-0.1, -0.05) is 34.6 Å². The van der Waals surface area contributed by atoms with Crippen LogP contribution in [0.5, 0.6) is 5.75 Å². The van der Waals surface area contributed by atoms with E-state index < -0.39 is 0 Å². The van der Waals surface area contributed by atoms with Gasteiger partial charge in [0, 0.05) is 11.1 Å². The molecular weight excluding hydrogens is 224 g/mol. The van der Waals surface area contributed by atoms with E-state index in [4.69, 9.17) is 4.74 Å². The summed E-state index contributed by atoms with van der Waals surface area (Å²) in [5, 5.41) is 0. The van der Waals surface area contributed by atoms with E-state index in [0.29, 0.717) is 12.5 Å². The third-order valence-electron chi connectivity index (χ3n) is 2.77. The van der Waals surface area contributed by atoms with Crippen molar-refractivity contribution in [2.75, 3.05) is 6.61 Å². The lowest BCUT2D eigenvalue weighted by atomic mass is 9.85. The van der Waals surface area contributed by atoms with E-state index in [-0.39, 0.29) is 11.2 Å². The zero-order chi connectivity index (χ0) is 13.9. The number of ketones is 1. The topological polar surface area (TPSA) is 26.3 Å². The highest BCUT2D eigenvalue weighted by Crippen LogP contribution is 2.32. The Hall–Kier alpha value is -1.31. The van der Waals surface area contributed by atoms with Gasteiger partial charge in [0.1, 0.15) is 5.75 Å². The molecule has 0 saturated heterocycles. The summed E-state index contributed by atoms with van der Waals surface area (Å²) < 4.78 is 5.85. The van der Waals surface area contributed by atoms with Crippen LogP contribution in [0.1, 0.15) is 57.5 Å². The molecule has 1 aromatic carbocycles. The lowest BCUT2D eigenvalue weighted by molar-refractivity contribution is 0.101. The second-order valence-corrected chi connectivity index (χ2v) is 6.22. The molecule has 0 aliphatic heterocycles. The fourth-order valence-corrected chi connectivity index (χ4v) is 1.72. The number of Topliss-reactive ketones (excluding diaryl/α,β-unsaturated/α-hetero) is 1. The maximum Gasteiger partial charge on any atom is 0.159 e. The first-order chi connectivity index (χ1) is 8.21. The van der Waals surface area contributed by atoms with E-state index in [1.54, 1.807) is 6.92 Å². The number of rotatable bonds is 4. The van der Waals surface area contributed by atoms with Crippen molar-refractivity contribution in [3.8, 4) is 5.75 Å². The molecule has 0 heterocycles. The van der Waals surface area contributed by atoms with Gasteiger partial charge in [-0.25, -0.2) is 0 Å². The van der Waals surface area contributed by atoms with Crippen molar-refractivity contribution in [3.63, 3.8) is 0 Å². The van der Waals surface area contributed by atoms with E-state index in [2.05, 4.69) is 34.6 Å². The largest absolute Gasteiger partial charge is 0.493 e. The number of carbonyl (C=O) groups is 1. The molecule has 0 aromatic heterocycles. The summed E-state index contributed by atoms with van der Waals surface area (Å²) in [5.41, 5.74) is 1.81. The van der Waals surface area contributed by atoms with Crippen LogP contribution in [0.25, 0.3) is 0 Å². The SMILES string of the molecule is CC(=O)c1ccc(OCC(C)C)c(C(C)(C)C)c1. The van der Waals surface area contributed by atoms with Crippen LogP contribution in [0, 0.1) is 5.92 Å². The van der Waals surface area contributed by atoms with E-state index in [1.807, 2.05) is 18.2 Å². The maximum absolute atomic E-state index is 11.5. The van der Waals surface area contributed by atoms with Crippen molar-refractivity contribution in [2.24, 2.45) is 5.92 Å². The monoisotopic (exact) mass is 248 g/mol. The van der Waals surface area contributed by atoms with Crippen LogP contribution in [0.15, 0.2) is 18.2 Å². The summed E-state index contributed by atoms with van der Waals surface area (Å²) in [6, 6.07) is 5.71. The Morgan fingerprint density at radius 3 is 2.33 bits per heavy atom. The van der Waals surface area contributed by atoms with E-state index in [9.17, 15) is 4.79 Å². The molecule has 1 rings (SSSR count). The Balaban J connectivity index is 3.13. The van der Waals surface area contributed by atoms with Crippen molar-refractivity contribution >= 4 is 5.78 Å². The molecule has 0 spiro atoms. The molecule has 0 fully saturated rings. The van der Waals surface area contributed by atoms with Gasteiger partial charge in [0.25, 0.3) is 0 Å². The molecule has 0 bridgehead atoms. The van der Waals surface area contributed by atoms with Crippen molar-refractivity contribution in [1.82, 2.24) is 0 Å². The lowest BCUT2D eigenvalue weighted by Crippen LogP contribution is -2.16. The molecule has 18 heavy (non-hydrogen) atoms. The molecule has 0 aliphatic carbocycles. The van der Waals surface area contributed by atoms with Gasteiger partial charge in [0.05, 0.1) is 6.61 Å². The molecule has 0 radical (unpaired) electrons. The van der Waals surface area contributed by atoms with Gasteiger partial charge in [-0.15, -0.1) is 0 Å². The third-order valence-corrected chi connectivity index (χ3v) is 2.77. The predicted molar refractivity (Wildman–Crippen MR) is 75.5 cm³/mol. The van der Waals surface area contributed by atoms with Crippen molar-refractivity contribution in [3.05, 3.63) is 29.3 Å². The molecule has 2 nitrogen and oxygen atoms in total. The van der Waals surface area contributed by atoms with Crippen molar-refractivity contribution < 1.29 is 9.53 Å². The highest BCUT2D eigenvalue weighted by atomic mass is 16.5. The molecule has 0 saturated carbocycles. The highest BCUT2D eigenvalue weighted by molar-refractivity contribution is 5.94. The summed E-state index contributed by atoms with van der Waals surface area (Å²) in [7, 11) is 0. The van der Waals surface area contributed by atoms with Gasteiger partial charge in [0.2, 0.25) is 0 Å². The number of benzene rings is 1. The summed E-state index contributed by atoms with van der Waals surface area (Å²) in [6.07, 6.45) is 0. The fraction of sp³-hybridized carbons (Fsp3) is 0.562. The molecule has 0 atom stereocenters. The van der Waals surface area contributed by atoms with Crippen LogP contribution in [0.2, 0.25) is 0 Å². The standard InChI is InChI=1S/C16H24O2/c1-11(2)10-18-15-8-7-13(12(3)17)9-14(15)16(4,5)6/h7-9,11H,10H2,1-6H3. The zero-order valence-corrected chi connectivity index (χ0v) is 12.3. The fourth-order valence-electron chi connectivity index (χ4n) is 1.72. The summed E-state index contributed by atoms with van der Waals surface area (Å²) in [4.78, 5) is 11.5. The Labute approximate surface area is 110 Å². The Kier molecular flexibility index (Phi) is 4.55. The second kappa shape index (κ2) is 5.55. The van der Waals surface area contributed by atoms with Crippen molar-refractivity contribution in [1.29, 1.82) is 0 Å². The minimum Gasteiger partial charge on any atom is -0.493 e. The number of ether oxygens (including phenoxy) is 1. The number of hydrogen-bond acceptors (Lipinski definition) is 2. The lowest BCUT2D eigenvalue weighted by Gasteiger charge is -2.24. The second-order valence-electron chi connectivity index (χ2n) is 6.22. The van der Waals surface area contributed by atoms with Crippen LogP contribution in [-0.2, 0) is 5.41 Å². The maximum atomic E-state index is 11.5. The van der Waals surface area contributed by atoms with E-state index >= 15 is 0 Å². The number of carbonyl (C=O) groups excluding carboxylic acids is 1. The van der Waals surface area contributed by atoms with Crippen LogP contribution in [0.3, 0.4) is 0 Å². The highest BCUT2D eigenvalue weighted by Gasteiger charge is 2.20. The summed E-state index contributed by atoms with van der Waals surface area (Å²) in [6.45, 7) is 12.9. The van der Waals surface area contributed by atoms with Gasteiger partial charge in [-0.05, 0) is 36.5 Å². The van der Waals surface area contributed by atoms with E-state index in [1.165, 1.54) is 0 Å². The van der Waals surface area contributed by atoms with Crippen LogP contribution >= 0.6 is 0 Å². The van der Waals surface area contributed by atoms with Crippen LogP contribution < -0.4 is 4.74 Å². The summed E-state index contributed by atoms with van der Waals surface area (Å²) >= 11 is 0. The molecule has 100 valence electrons. The average molecular weight is 248 g/mol. The van der Waals surface area contributed by atoms with Gasteiger partial charge in [-0.3, -0.25) is 4.79 Å². The van der Waals surface area contributed by atoms with Gasteiger partial charge in [-0.2, -0.15) is 0 Å². The Morgan fingerprint density at radius 2 is 1.89 bits per heavy atom. The van der Waals surface area contributed by atoms with Gasteiger partial charge < -0.3 is 4.74 Å². The summed E-state index contributed by atoms with van der Waals surface area (Å²) in [5.74, 6) is 1.47. The van der Waals surface area contributed by atoms with Gasteiger partial charge >= 0.3 is 0 Å². The van der Waals surface area contributed by atoms with Crippen LogP contribution in [-0.4, -0.2) is 12.4 Å². The normalized spacial score (nSPS) is 11.7. The first-order valence-corrected chi connectivity index (χ1v) is 6.50. The first-order valence-electron chi connectivity index (χ1n) is 6.50. The van der Waals surface area contributed by atoms with E-state index in [0.717, 1.165) is 16.9 Å². The molecule has 0 amide bonds. The minimum absolute atomic E-state index is 0.0300. The van der Waals surface area contributed by atoms with Crippen LogP contribution in [0.4, 0.5) is 0 Å². The van der Waals surface area contributed by atoms with Crippen molar-refractivity contribution in [2.45, 2.75) is 47.0 Å². The third kappa shape index (κ3) is 3.86. The molecule has 1 aromatic rings. The zero-order valence-electron chi connectivity index (χ0n) is 12.3. The van der Waals surface area contributed by atoms with Gasteiger partial charge in [0.15, 0.2) is 5.78 Å². The average Bonchev–Trinajstić information content (AvgIpc) is 2.24. The minimum atomic E-state index is -0.0300. The molecule has 0 unspecified atom stereocenters. The molecule has 2 heteroatoms. The molecule has 0 aliphatic rings. The Morgan fingerprint density at radius 1 is 1.28 bits per heavy atom. The Bertz CT molecular complexity index is 425. The first kappa shape index (κ1) is 14.7.